The Balaban J connectivity index is 1.85. The van der Waals surface area contributed by atoms with Crippen molar-refractivity contribution in [2.75, 3.05) is 20.3 Å². The molecule has 2 saturated carbocycles. The first-order valence-corrected chi connectivity index (χ1v) is 8.20. The van der Waals surface area contributed by atoms with Crippen LogP contribution < -0.4 is 0 Å². The number of hydrogen-bond acceptors (Lipinski definition) is 2. The van der Waals surface area contributed by atoms with Gasteiger partial charge in [-0.3, -0.25) is 0 Å². The second-order valence-corrected chi connectivity index (χ2v) is 6.70. The van der Waals surface area contributed by atoms with E-state index in [1.807, 2.05) is 0 Å². The molecule has 0 spiro atoms. The molecule has 0 aliphatic heterocycles. The van der Waals surface area contributed by atoms with E-state index in [9.17, 15) is 0 Å². The molecule has 0 aromatic heterocycles. The fourth-order valence-corrected chi connectivity index (χ4v) is 3.80. The largest absolute Gasteiger partial charge is 0.384 e. The van der Waals surface area contributed by atoms with Crippen molar-refractivity contribution in [3.05, 3.63) is 6.92 Å². The van der Waals surface area contributed by atoms with Gasteiger partial charge >= 0.3 is 0 Å². The van der Waals surface area contributed by atoms with Crippen LogP contribution in [0.2, 0.25) is 0 Å². The first kappa shape index (κ1) is 15.3. The Hall–Kier alpha value is -0.0800. The maximum absolute atomic E-state index is 6.21. The molecule has 0 bridgehead atoms. The first-order valence-electron chi connectivity index (χ1n) is 8.20. The van der Waals surface area contributed by atoms with Gasteiger partial charge in [-0.05, 0) is 38.5 Å². The van der Waals surface area contributed by atoms with Crippen LogP contribution in [0.1, 0.15) is 64.2 Å². The minimum atomic E-state index is -0.0212. The maximum Gasteiger partial charge on any atom is 0.0575 e. The van der Waals surface area contributed by atoms with E-state index in [0.717, 1.165) is 13.2 Å². The molecule has 0 aromatic carbocycles. The van der Waals surface area contributed by atoms with Gasteiger partial charge in [0.2, 0.25) is 0 Å². The lowest BCUT2D eigenvalue weighted by atomic mass is 9.70. The highest BCUT2D eigenvalue weighted by molar-refractivity contribution is 4.90. The molecule has 2 aliphatic rings. The van der Waals surface area contributed by atoms with Crippen LogP contribution in [0.4, 0.5) is 0 Å². The minimum Gasteiger partial charge on any atom is -0.384 e. The predicted molar refractivity (Wildman–Crippen MR) is 79.1 cm³/mol. The fourth-order valence-electron chi connectivity index (χ4n) is 3.80. The molecule has 0 aromatic rings. The third-order valence-electron chi connectivity index (χ3n) is 5.06. The Morgan fingerprint density at radius 3 is 2.05 bits per heavy atom. The Bertz CT molecular complexity index is 242. The van der Waals surface area contributed by atoms with Crippen molar-refractivity contribution in [1.82, 2.24) is 0 Å². The zero-order valence-corrected chi connectivity index (χ0v) is 12.7. The SMILES string of the molecule is [CH2]C(COC)(COC1CCCCC1)C1CCCCC1. The van der Waals surface area contributed by atoms with Gasteiger partial charge in [-0.2, -0.15) is 0 Å². The van der Waals surface area contributed by atoms with Crippen LogP contribution in [0, 0.1) is 18.3 Å². The van der Waals surface area contributed by atoms with Gasteiger partial charge in [-0.25, -0.2) is 0 Å². The molecule has 2 fully saturated rings. The molecular weight excluding hydrogens is 236 g/mol. The normalized spacial score (nSPS) is 26.2. The van der Waals surface area contributed by atoms with Crippen LogP contribution in [-0.4, -0.2) is 26.4 Å². The highest BCUT2D eigenvalue weighted by Gasteiger charge is 2.36. The molecule has 2 aliphatic carbocycles. The van der Waals surface area contributed by atoms with Gasteiger partial charge in [-0.1, -0.05) is 38.5 Å². The summed E-state index contributed by atoms with van der Waals surface area (Å²) in [6, 6.07) is 0. The highest BCUT2D eigenvalue weighted by Crippen LogP contribution is 2.39. The molecule has 2 nitrogen and oxygen atoms in total. The number of hydrogen-bond donors (Lipinski definition) is 0. The van der Waals surface area contributed by atoms with E-state index >= 15 is 0 Å². The van der Waals surface area contributed by atoms with Gasteiger partial charge in [0.25, 0.3) is 0 Å². The zero-order valence-electron chi connectivity index (χ0n) is 12.7. The van der Waals surface area contributed by atoms with E-state index in [2.05, 4.69) is 6.92 Å². The molecule has 0 heterocycles. The molecule has 1 radical (unpaired) electrons. The molecule has 2 rings (SSSR count). The molecule has 2 heteroatoms. The van der Waals surface area contributed by atoms with Crippen molar-refractivity contribution >= 4 is 0 Å². The molecule has 0 saturated heterocycles. The smallest absolute Gasteiger partial charge is 0.0575 e. The van der Waals surface area contributed by atoms with Crippen LogP contribution >= 0.6 is 0 Å². The fraction of sp³-hybridized carbons (Fsp3) is 0.941. The molecule has 111 valence electrons. The topological polar surface area (TPSA) is 18.5 Å². The van der Waals surface area contributed by atoms with E-state index < -0.39 is 0 Å². The van der Waals surface area contributed by atoms with Crippen LogP contribution in [0.3, 0.4) is 0 Å². The highest BCUT2D eigenvalue weighted by atomic mass is 16.5. The van der Waals surface area contributed by atoms with E-state index in [1.165, 1.54) is 64.2 Å². The van der Waals surface area contributed by atoms with Crippen molar-refractivity contribution in [3.63, 3.8) is 0 Å². The molecular formula is C17H31O2. The molecule has 19 heavy (non-hydrogen) atoms. The van der Waals surface area contributed by atoms with Gasteiger partial charge in [-0.15, -0.1) is 0 Å². The lowest BCUT2D eigenvalue weighted by Gasteiger charge is -2.40. The second-order valence-electron chi connectivity index (χ2n) is 6.70. The maximum atomic E-state index is 6.21. The average Bonchev–Trinajstić information content (AvgIpc) is 2.48. The molecule has 0 amide bonds. The summed E-state index contributed by atoms with van der Waals surface area (Å²) in [6.45, 7) is 6.05. The minimum absolute atomic E-state index is 0.0212. The van der Waals surface area contributed by atoms with E-state index in [1.54, 1.807) is 7.11 Å². The van der Waals surface area contributed by atoms with Crippen molar-refractivity contribution in [1.29, 1.82) is 0 Å². The summed E-state index contributed by atoms with van der Waals surface area (Å²) >= 11 is 0. The van der Waals surface area contributed by atoms with E-state index in [4.69, 9.17) is 9.47 Å². The van der Waals surface area contributed by atoms with Crippen molar-refractivity contribution in [3.8, 4) is 0 Å². The van der Waals surface area contributed by atoms with Crippen molar-refractivity contribution in [2.45, 2.75) is 70.3 Å². The van der Waals surface area contributed by atoms with Crippen molar-refractivity contribution < 1.29 is 9.47 Å². The van der Waals surface area contributed by atoms with Gasteiger partial charge in [0.1, 0.15) is 0 Å². The van der Waals surface area contributed by atoms with Gasteiger partial charge in [0.05, 0.1) is 19.3 Å². The van der Waals surface area contributed by atoms with Crippen LogP contribution in [-0.2, 0) is 9.47 Å². The zero-order chi connectivity index (χ0) is 13.6. The number of methoxy groups -OCH3 is 1. The van der Waals surface area contributed by atoms with Crippen LogP contribution in [0.5, 0.6) is 0 Å². The van der Waals surface area contributed by atoms with Gasteiger partial charge < -0.3 is 9.47 Å². The second kappa shape index (κ2) is 7.64. The van der Waals surface area contributed by atoms with E-state index in [-0.39, 0.29) is 5.41 Å². The monoisotopic (exact) mass is 267 g/mol. The summed E-state index contributed by atoms with van der Waals surface area (Å²) < 4.78 is 11.7. The Labute approximate surface area is 119 Å². The van der Waals surface area contributed by atoms with Crippen molar-refractivity contribution in [2.24, 2.45) is 11.3 Å². The Morgan fingerprint density at radius 1 is 0.895 bits per heavy atom. The summed E-state index contributed by atoms with van der Waals surface area (Å²) in [5.74, 6) is 0.685. The Morgan fingerprint density at radius 2 is 1.47 bits per heavy atom. The predicted octanol–water partition coefficient (Wildman–Crippen LogP) is 4.38. The summed E-state index contributed by atoms with van der Waals surface area (Å²) in [5.41, 5.74) is -0.0212. The summed E-state index contributed by atoms with van der Waals surface area (Å²) in [4.78, 5) is 0. The summed E-state index contributed by atoms with van der Waals surface area (Å²) in [6.07, 6.45) is 13.7. The van der Waals surface area contributed by atoms with Crippen LogP contribution in [0.25, 0.3) is 0 Å². The molecule has 1 unspecified atom stereocenters. The van der Waals surface area contributed by atoms with Crippen LogP contribution in [0.15, 0.2) is 0 Å². The van der Waals surface area contributed by atoms with Gasteiger partial charge in [0, 0.05) is 12.5 Å². The lowest BCUT2D eigenvalue weighted by molar-refractivity contribution is -0.0626. The standard InChI is InChI=1S/C17H31O2/c1-17(13-18-2,15-9-5-3-6-10-15)14-19-16-11-7-4-8-12-16/h15-16H,1,3-14H2,2H3. The van der Waals surface area contributed by atoms with E-state index in [0.29, 0.717) is 12.0 Å². The molecule has 1 atom stereocenters. The van der Waals surface area contributed by atoms with Gasteiger partial charge in [0.15, 0.2) is 0 Å². The number of ether oxygens (including phenoxy) is 2. The third kappa shape index (κ3) is 4.46. The first-order chi connectivity index (χ1) is 9.24. The summed E-state index contributed by atoms with van der Waals surface area (Å²) in [5, 5.41) is 0. The molecule has 0 N–H and O–H groups in total. The quantitative estimate of drug-likeness (QED) is 0.711. The average molecular weight is 267 g/mol. The lowest BCUT2D eigenvalue weighted by Crippen LogP contribution is -2.39. The third-order valence-corrected chi connectivity index (χ3v) is 5.06. The Kier molecular flexibility index (Phi) is 6.15. The summed E-state index contributed by atoms with van der Waals surface area (Å²) in [7, 11) is 1.80. The number of rotatable bonds is 6.